The number of amides is 1. The maximum atomic E-state index is 12.8. The van der Waals surface area contributed by atoms with Gasteiger partial charge >= 0.3 is 0 Å². The van der Waals surface area contributed by atoms with Crippen molar-refractivity contribution in [3.05, 3.63) is 42.4 Å². The quantitative estimate of drug-likeness (QED) is 0.714. The Hall–Kier alpha value is -2.93. The minimum Gasteiger partial charge on any atom is -0.378 e. The number of hydrogen-bond donors (Lipinski definition) is 2. The predicted molar refractivity (Wildman–Crippen MR) is 112 cm³/mol. The van der Waals surface area contributed by atoms with E-state index < -0.39 is 0 Å². The highest BCUT2D eigenvalue weighted by Gasteiger charge is 2.21. The molecular weight excluding hydrogens is 366 g/mol. The van der Waals surface area contributed by atoms with Gasteiger partial charge in [0.2, 0.25) is 0 Å². The fourth-order valence-corrected chi connectivity index (χ4v) is 4.27. The molecular formula is C22H25N5O2. The summed E-state index contributed by atoms with van der Waals surface area (Å²) in [6.07, 6.45) is 8.24. The molecule has 3 aromatic rings. The van der Waals surface area contributed by atoms with Gasteiger partial charge in [-0.2, -0.15) is 5.10 Å². The SMILES string of the molecule is O=C(NC1CCCC1)c1n[nH]c2ccc(-c3cncc(N4CCOCC4)c3)cc12. The van der Waals surface area contributed by atoms with Crippen molar-refractivity contribution in [2.75, 3.05) is 31.2 Å². The zero-order valence-corrected chi connectivity index (χ0v) is 16.4. The minimum atomic E-state index is -0.0968. The van der Waals surface area contributed by atoms with E-state index in [9.17, 15) is 4.79 Å². The number of aromatic amines is 1. The number of nitrogens with one attached hydrogen (secondary N) is 2. The van der Waals surface area contributed by atoms with Crippen LogP contribution in [0.5, 0.6) is 0 Å². The highest BCUT2D eigenvalue weighted by molar-refractivity contribution is 6.05. The van der Waals surface area contributed by atoms with Crippen LogP contribution >= 0.6 is 0 Å². The Kier molecular flexibility index (Phi) is 4.89. The first-order valence-electron chi connectivity index (χ1n) is 10.3. The van der Waals surface area contributed by atoms with Gasteiger partial charge in [-0.15, -0.1) is 0 Å². The molecule has 7 heteroatoms. The zero-order valence-electron chi connectivity index (χ0n) is 16.4. The van der Waals surface area contributed by atoms with Crippen molar-refractivity contribution in [1.29, 1.82) is 0 Å². The first kappa shape index (κ1) is 18.1. The molecule has 1 aliphatic carbocycles. The molecule has 1 saturated heterocycles. The highest BCUT2D eigenvalue weighted by Crippen LogP contribution is 2.28. The molecule has 1 amide bonds. The predicted octanol–water partition coefficient (Wildman–Crippen LogP) is 3.13. The van der Waals surface area contributed by atoms with Crippen molar-refractivity contribution in [2.45, 2.75) is 31.7 Å². The van der Waals surface area contributed by atoms with E-state index in [-0.39, 0.29) is 11.9 Å². The Balaban J connectivity index is 1.44. The number of pyridine rings is 1. The van der Waals surface area contributed by atoms with Crippen molar-refractivity contribution >= 4 is 22.5 Å². The average Bonchev–Trinajstić information content (AvgIpc) is 3.43. The fraction of sp³-hybridized carbons (Fsp3) is 0.409. The van der Waals surface area contributed by atoms with Gasteiger partial charge in [-0.25, -0.2) is 0 Å². The summed E-state index contributed by atoms with van der Waals surface area (Å²) in [5, 5.41) is 11.3. The molecule has 1 aromatic carbocycles. The van der Waals surface area contributed by atoms with Crippen molar-refractivity contribution in [3.63, 3.8) is 0 Å². The second-order valence-electron chi connectivity index (χ2n) is 7.82. The van der Waals surface area contributed by atoms with Crippen molar-refractivity contribution in [2.24, 2.45) is 0 Å². The van der Waals surface area contributed by atoms with E-state index in [2.05, 4.69) is 31.5 Å². The van der Waals surface area contributed by atoms with Crippen LogP contribution in [0, 0.1) is 0 Å². The number of H-pyrrole nitrogens is 1. The van der Waals surface area contributed by atoms with Crippen LogP contribution in [-0.4, -0.2) is 53.4 Å². The Morgan fingerprint density at radius 3 is 2.76 bits per heavy atom. The van der Waals surface area contributed by atoms with Gasteiger partial charge in [0.15, 0.2) is 5.69 Å². The van der Waals surface area contributed by atoms with Crippen molar-refractivity contribution < 1.29 is 9.53 Å². The summed E-state index contributed by atoms with van der Waals surface area (Å²) in [5.74, 6) is -0.0968. The number of carbonyl (C=O) groups is 1. The number of fused-ring (bicyclic) bond motifs is 1. The second kappa shape index (κ2) is 7.83. The highest BCUT2D eigenvalue weighted by atomic mass is 16.5. The fourth-order valence-electron chi connectivity index (χ4n) is 4.27. The first-order chi connectivity index (χ1) is 14.3. The molecule has 29 heavy (non-hydrogen) atoms. The Morgan fingerprint density at radius 2 is 1.93 bits per heavy atom. The average molecular weight is 391 g/mol. The molecule has 7 nitrogen and oxygen atoms in total. The smallest absolute Gasteiger partial charge is 0.272 e. The minimum absolute atomic E-state index is 0.0968. The lowest BCUT2D eigenvalue weighted by Gasteiger charge is -2.28. The monoisotopic (exact) mass is 391 g/mol. The van der Waals surface area contributed by atoms with E-state index in [1.807, 2.05) is 30.6 Å². The number of hydrogen-bond acceptors (Lipinski definition) is 5. The van der Waals surface area contributed by atoms with Crippen LogP contribution in [0.25, 0.3) is 22.0 Å². The molecule has 1 saturated carbocycles. The molecule has 2 aromatic heterocycles. The van der Waals surface area contributed by atoms with E-state index in [1.54, 1.807) is 0 Å². The topological polar surface area (TPSA) is 83.1 Å². The summed E-state index contributed by atoms with van der Waals surface area (Å²) in [6.45, 7) is 3.23. The molecule has 2 aliphatic rings. The van der Waals surface area contributed by atoms with Crippen LogP contribution in [-0.2, 0) is 4.74 Å². The maximum Gasteiger partial charge on any atom is 0.272 e. The zero-order chi connectivity index (χ0) is 19.6. The molecule has 0 spiro atoms. The number of rotatable bonds is 4. The van der Waals surface area contributed by atoms with Crippen molar-refractivity contribution in [3.8, 4) is 11.1 Å². The van der Waals surface area contributed by atoms with E-state index in [0.717, 1.165) is 66.9 Å². The Bertz CT molecular complexity index is 1020. The number of anilines is 1. The molecule has 5 rings (SSSR count). The molecule has 2 N–H and O–H groups in total. The molecule has 3 heterocycles. The molecule has 0 atom stereocenters. The van der Waals surface area contributed by atoms with Gasteiger partial charge in [-0.1, -0.05) is 18.9 Å². The molecule has 0 unspecified atom stereocenters. The van der Waals surface area contributed by atoms with Crippen LogP contribution in [0.15, 0.2) is 36.7 Å². The number of ether oxygens (including phenoxy) is 1. The van der Waals surface area contributed by atoms with E-state index >= 15 is 0 Å². The summed E-state index contributed by atoms with van der Waals surface area (Å²) >= 11 is 0. The number of nitrogens with zero attached hydrogens (tertiary/aromatic N) is 3. The first-order valence-corrected chi connectivity index (χ1v) is 10.3. The van der Waals surface area contributed by atoms with Gasteiger partial charge < -0.3 is 15.0 Å². The van der Waals surface area contributed by atoms with E-state index in [4.69, 9.17) is 4.74 Å². The summed E-state index contributed by atoms with van der Waals surface area (Å²) in [5.41, 5.74) is 4.47. The third-order valence-electron chi connectivity index (χ3n) is 5.90. The van der Waals surface area contributed by atoms with Gasteiger partial charge in [-0.05, 0) is 36.6 Å². The molecule has 150 valence electrons. The Morgan fingerprint density at radius 1 is 1.10 bits per heavy atom. The molecule has 2 fully saturated rings. The lowest BCUT2D eigenvalue weighted by atomic mass is 10.0. The van der Waals surface area contributed by atoms with Crippen molar-refractivity contribution in [1.82, 2.24) is 20.5 Å². The van der Waals surface area contributed by atoms with E-state index in [1.165, 1.54) is 12.8 Å². The molecule has 0 bridgehead atoms. The van der Waals surface area contributed by atoms with Gasteiger partial charge in [0.05, 0.1) is 30.6 Å². The number of aromatic nitrogens is 3. The third kappa shape index (κ3) is 3.70. The normalized spacial score (nSPS) is 17.7. The Labute approximate surface area is 169 Å². The summed E-state index contributed by atoms with van der Waals surface area (Å²) in [7, 11) is 0. The van der Waals surface area contributed by atoms with Crippen LogP contribution in [0.4, 0.5) is 5.69 Å². The van der Waals surface area contributed by atoms with Gasteiger partial charge in [0.25, 0.3) is 5.91 Å². The van der Waals surface area contributed by atoms with Gasteiger partial charge in [-0.3, -0.25) is 14.9 Å². The van der Waals surface area contributed by atoms with Gasteiger partial charge in [0, 0.05) is 36.3 Å². The lowest BCUT2D eigenvalue weighted by Crippen LogP contribution is -2.36. The summed E-state index contributed by atoms with van der Waals surface area (Å²) in [6, 6.07) is 8.47. The standard InChI is InChI=1S/C22H25N5O2/c28-22(24-17-3-1-2-4-17)21-19-12-15(5-6-20(19)25-26-21)16-11-18(14-23-13-16)27-7-9-29-10-8-27/h5-6,11-14,17H,1-4,7-10H2,(H,24,28)(H,25,26). The third-order valence-corrected chi connectivity index (χ3v) is 5.90. The molecule has 0 radical (unpaired) electrons. The molecule has 1 aliphatic heterocycles. The van der Waals surface area contributed by atoms with Crippen LogP contribution in [0.3, 0.4) is 0 Å². The summed E-state index contributed by atoms with van der Waals surface area (Å²) in [4.78, 5) is 19.5. The maximum absolute atomic E-state index is 12.8. The number of morpholine rings is 1. The van der Waals surface area contributed by atoms with Gasteiger partial charge in [0.1, 0.15) is 0 Å². The number of carbonyl (C=O) groups excluding carboxylic acids is 1. The summed E-state index contributed by atoms with van der Waals surface area (Å²) < 4.78 is 5.45. The van der Waals surface area contributed by atoms with Crippen LogP contribution in [0.2, 0.25) is 0 Å². The second-order valence-corrected chi connectivity index (χ2v) is 7.82. The lowest BCUT2D eigenvalue weighted by molar-refractivity contribution is 0.0934. The number of benzene rings is 1. The van der Waals surface area contributed by atoms with Crippen LogP contribution < -0.4 is 10.2 Å². The van der Waals surface area contributed by atoms with Crippen LogP contribution in [0.1, 0.15) is 36.2 Å². The largest absolute Gasteiger partial charge is 0.378 e. The van der Waals surface area contributed by atoms with E-state index in [0.29, 0.717) is 5.69 Å².